The van der Waals surface area contributed by atoms with E-state index in [1.54, 1.807) is 22.5 Å². The fourth-order valence-corrected chi connectivity index (χ4v) is 4.94. The number of thiazole rings is 1. The van der Waals surface area contributed by atoms with Crippen LogP contribution in [-0.2, 0) is 11.3 Å². The normalized spacial score (nSPS) is 18.2. The second-order valence-electron chi connectivity index (χ2n) is 9.02. The number of rotatable bonds is 3. The summed E-state index contributed by atoms with van der Waals surface area (Å²) in [6.45, 7) is 7.19. The van der Waals surface area contributed by atoms with Gasteiger partial charge in [-0.2, -0.15) is 5.10 Å². The van der Waals surface area contributed by atoms with E-state index in [9.17, 15) is 9.59 Å². The Hall–Kier alpha value is -3.39. The van der Waals surface area contributed by atoms with Gasteiger partial charge in [0.1, 0.15) is 16.5 Å². The molecular weight excluding hydrogens is 494 g/mol. The molecule has 12 nitrogen and oxygen atoms in total. The van der Waals surface area contributed by atoms with E-state index in [0.717, 1.165) is 38.3 Å². The molecule has 3 aromatic heterocycles. The van der Waals surface area contributed by atoms with Crippen LogP contribution in [0.4, 0.5) is 11.5 Å². The number of anilines is 2. The number of nitrogens with one attached hydrogen (secondary N) is 3. The SMILES string of the molecule is CN1CCN(CCn2cc3c(n2)C(=O)NCCOCCNc2cc(ccn2)-c2nc(cs2)C(=O)N3)CC1. The van der Waals surface area contributed by atoms with Crippen LogP contribution in [0.5, 0.6) is 0 Å². The van der Waals surface area contributed by atoms with Gasteiger partial charge in [-0.25, -0.2) is 9.97 Å². The van der Waals surface area contributed by atoms with Crippen molar-refractivity contribution >= 4 is 34.7 Å². The second kappa shape index (κ2) is 11.8. The van der Waals surface area contributed by atoms with Gasteiger partial charge in [0.2, 0.25) is 0 Å². The van der Waals surface area contributed by atoms with Crippen LogP contribution in [-0.4, -0.2) is 107 Å². The molecule has 2 aliphatic rings. The predicted octanol–water partition coefficient (Wildman–Crippen LogP) is 1.07. The summed E-state index contributed by atoms with van der Waals surface area (Å²) in [6, 6.07) is 3.75. The van der Waals surface area contributed by atoms with E-state index in [-0.39, 0.29) is 17.3 Å². The minimum Gasteiger partial charge on any atom is -0.378 e. The molecule has 5 heterocycles. The van der Waals surface area contributed by atoms with Crippen molar-refractivity contribution in [2.75, 3.05) is 76.7 Å². The maximum atomic E-state index is 13.1. The summed E-state index contributed by atoms with van der Waals surface area (Å²) in [4.78, 5) is 39.6. The minimum absolute atomic E-state index is 0.170. The van der Waals surface area contributed by atoms with Crippen molar-refractivity contribution in [2.45, 2.75) is 6.54 Å². The fraction of sp³-hybridized carbons (Fsp3) is 0.458. The van der Waals surface area contributed by atoms with Crippen molar-refractivity contribution in [3.8, 4) is 10.6 Å². The molecule has 0 unspecified atom stereocenters. The zero-order chi connectivity index (χ0) is 25.6. The third-order valence-electron chi connectivity index (χ3n) is 6.29. The van der Waals surface area contributed by atoms with Crippen LogP contribution in [0.25, 0.3) is 10.6 Å². The van der Waals surface area contributed by atoms with Crippen molar-refractivity contribution in [3.05, 3.63) is 41.3 Å². The number of hydrogen-bond acceptors (Lipinski definition) is 10. The van der Waals surface area contributed by atoms with Crippen molar-refractivity contribution in [1.82, 2.24) is 34.9 Å². The zero-order valence-corrected chi connectivity index (χ0v) is 21.6. The van der Waals surface area contributed by atoms with Gasteiger partial charge in [-0.3, -0.25) is 19.2 Å². The molecule has 2 aliphatic heterocycles. The minimum atomic E-state index is -0.396. The number of nitrogens with zero attached hydrogens (tertiary/aromatic N) is 6. The summed E-state index contributed by atoms with van der Waals surface area (Å²) >= 11 is 1.37. The van der Waals surface area contributed by atoms with Gasteiger partial charge < -0.3 is 25.6 Å². The Morgan fingerprint density at radius 1 is 1.05 bits per heavy atom. The summed E-state index contributed by atoms with van der Waals surface area (Å²) in [5.41, 5.74) is 1.66. The number of pyridine rings is 1. The molecule has 0 aliphatic carbocycles. The first kappa shape index (κ1) is 25.3. The van der Waals surface area contributed by atoms with Crippen LogP contribution in [0.1, 0.15) is 21.0 Å². The molecule has 0 atom stereocenters. The molecule has 0 saturated carbocycles. The van der Waals surface area contributed by atoms with Crippen LogP contribution in [0, 0.1) is 0 Å². The summed E-state index contributed by atoms with van der Waals surface area (Å²) in [7, 11) is 2.12. The number of carbonyl (C=O) groups is 2. The maximum absolute atomic E-state index is 13.1. The second-order valence-corrected chi connectivity index (χ2v) is 9.87. The van der Waals surface area contributed by atoms with Crippen LogP contribution < -0.4 is 16.0 Å². The molecule has 2 amide bonds. The molecule has 1 fully saturated rings. The molecule has 37 heavy (non-hydrogen) atoms. The monoisotopic (exact) mass is 525 g/mol. The average molecular weight is 526 g/mol. The Kier molecular flexibility index (Phi) is 8.04. The molecular formula is C24H31N9O3S. The highest BCUT2D eigenvalue weighted by Gasteiger charge is 2.22. The average Bonchev–Trinajstić information content (AvgIpc) is 3.55. The summed E-state index contributed by atoms with van der Waals surface area (Å²) in [5.74, 6) is -0.0630. The van der Waals surface area contributed by atoms with Gasteiger partial charge in [-0.05, 0) is 19.2 Å². The van der Waals surface area contributed by atoms with E-state index in [2.05, 4.69) is 47.9 Å². The van der Waals surface area contributed by atoms with Crippen molar-refractivity contribution in [1.29, 1.82) is 0 Å². The van der Waals surface area contributed by atoms with Crippen LogP contribution in [0.2, 0.25) is 0 Å². The lowest BCUT2D eigenvalue weighted by atomic mass is 10.2. The highest BCUT2D eigenvalue weighted by molar-refractivity contribution is 7.13. The lowest BCUT2D eigenvalue weighted by Crippen LogP contribution is -2.45. The summed E-state index contributed by atoms with van der Waals surface area (Å²) < 4.78 is 7.35. The molecule has 196 valence electrons. The molecule has 0 aromatic carbocycles. The number of likely N-dealkylation sites (N-methyl/N-ethyl adjacent to an activating group) is 1. The van der Waals surface area contributed by atoms with Gasteiger partial charge in [-0.15, -0.1) is 11.3 Å². The first-order valence-electron chi connectivity index (χ1n) is 12.4. The first-order valence-corrected chi connectivity index (χ1v) is 13.2. The molecule has 4 bridgehead atoms. The van der Waals surface area contributed by atoms with E-state index < -0.39 is 5.91 Å². The smallest absolute Gasteiger partial charge is 0.275 e. The Balaban J connectivity index is 1.36. The van der Waals surface area contributed by atoms with E-state index in [4.69, 9.17) is 4.74 Å². The largest absolute Gasteiger partial charge is 0.378 e. The highest BCUT2D eigenvalue weighted by atomic mass is 32.1. The van der Waals surface area contributed by atoms with E-state index in [0.29, 0.717) is 49.4 Å². The quantitative estimate of drug-likeness (QED) is 0.460. The van der Waals surface area contributed by atoms with Crippen LogP contribution in [0.3, 0.4) is 0 Å². The number of amides is 2. The lowest BCUT2D eigenvalue weighted by Gasteiger charge is -2.32. The first-order chi connectivity index (χ1) is 18.0. The van der Waals surface area contributed by atoms with Gasteiger partial charge in [0.25, 0.3) is 11.8 Å². The Morgan fingerprint density at radius 2 is 1.86 bits per heavy atom. The Morgan fingerprint density at radius 3 is 2.70 bits per heavy atom. The third-order valence-corrected chi connectivity index (χ3v) is 7.19. The molecule has 3 N–H and O–H groups in total. The molecule has 0 spiro atoms. The van der Waals surface area contributed by atoms with Gasteiger partial charge in [-0.1, -0.05) is 0 Å². The van der Waals surface area contributed by atoms with Crippen LogP contribution >= 0.6 is 11.3 Å². The Bertz CT molecular complexity index is 1240. The van der Waals surface area contributed by atoms with E-state index in [1.165, 1.54) is 11.3 Å². The number of ether oxygens (including phenoxy) is 1. The molecule has 1 saturated heterocycles. The molecule has 0 radical (unpaired) electrons. The lowest BCUT2D eigenvalue weighted by molar-refractivity contribution is 0.0915. The van der Waals surface area contributed by atoms with Crippen molar-refractivity contribution in [3.63, 3.8) is 0 Å². The van der Waals surface area contributed by atoms with Crippen LogP contribution in [0.15, 0.2) is 29.9 Å². The fourth-order valence-electron chi connectivity index (χ4n) is 4.14. The van der Waals surface area contributed by atoms with Gasteiger partial charge in [0.05, 0.1) is 25.4 Å². The van der Waals surface area contributed by atoms with E-state index >= 15 is 0 Å². The summed E-state index contributed by atoms with van der Waals surface area (Å²) in [6.07, 6.45) is 3.42. The molecule has 13 heteroatoms. The number of piperazine rings is 1. The maximum Gasteiger partial charge on any atom is 0.275 e. The zero-order valence-electron chi connectivity index (χ0n) is 20.8. The van der Waals surface area contributed by atoms with Gasteiger partial charge in [0.15, 0.2) is 5.69 Å². The predicted molar refractivity (Wildman–Crippen MR) is 141 cm³/mol. The van der Waals surface area contributed by atoms with Crippen molar-refractivity contribution < 1.29 is 14.3 Å². The Labute approximate surface area is 219 Å². The molecule has 3 aromatic rings. The number of fused-ring (bicyclic) bond motifs is 6. The third kappa shape index (κ3) is 6.49. The summed E-state index contributed by atoms with van der Waals surface area (Å²) in [5, 5.41) is 15.8. The number of carbonyl (C=O) groups excluding carboxylic acids is 2. The van der Waals surface area contributed by atoms with Crippen molar-refractivity contribution in [2.24, 2.45) is 0 Å². The van der Waals surface area contributed by atoms with Gasteiger partial charge in [0, 0.05) is 69.2 Å². The van der Waals surface area contributed by atoms with Gasteiger partial charge >= 0.3 is 0 Å². The standard InChI is InChI=1S/C24H31N9O3S/c1-31-6-8-32(9-7-31)10-11-33-15-18-21(30-33)23(35)27-5-13-36-12-4-26-20-14-17(2-3-25-20)24-29-19(16-37-24)22(34)28-18/h2-3,14-16H,4-13H2,1H3,(H,25,26)(H,27,35)(H,28,34). The molecule has 5 rings (SSSR count). The number of hydrogen-bond donors (Lipinski definition) is 3. The highest BCUT2D eigenvalue weighted by Crippen LogP contribution is 2.26. The topological polar surface area (TPSA) is 130 Å². The number of aromatic nitrogens is 4. The van der Waals surface area contributed by atoms with E-state index in [1.807, 2.05) is 12.1 Å².